The number of hydrogen-bond donors (Lipinski definition) is 0. The van der Waals surface area contributed by atoms with E-state index >= 15 is 0 Å². The van der Waals surface area contributed by atoms with Gasteiger partial charge in [-0.05, 0) is 35.7 Å². The Labute approximate surface area is 180 Å². The first-order chi connectivity index (χ1) is 14.7. The molecule has 1 amide bonds. The molecule has 0 saturated carbocycles. The first-order valence-electron chi connectivity index (χ1n) is 9.23. The maximum absolute atomic E-state index is 13.1. The standard InChI is InChI=1S/C20H17N5O3S2/c1-24-19(16-6-3-9-28-16)21-22-20(24)30-12-18(26)25-14(15-5-2-8-27-15)11-13(23-25)17-7-4-10-29-17/h2-10,14H,11-12H2,1H3/t14-/m0/s1. The molecule has 1 aliphatic heterocycles. The molecule has 0 aliphatic carbocycles. The Balaban J connectivity index is 1.34. The Morgan fingerprint density at radius 3 is 2.80 bits per heavy atom. The zero-order valence-electron chi connectivity index (χ0n) is 16.0. The Bertz CT molecular complexity index is 1160. The zero-order chi connectivity index (χ0) is 20.5. The highest BCUT2D eigenvalue weighted by Gasteiger charge is 2.35. The second-order valence-electron chi connectivity index (χ2n) is 6.63. The number of thioether (sulfide) groups is 1. The predicted octanol–water partition coefficient (Wildman–Crippen LogP) is 4.20. The van der Waals surface area contributed by atoms with E-state index in [0.29, 0.717) is 23.2 Å². The van der Waals surface area contributed by atoms with Gasteiger partial charge in [-0.1, -0.05) is 17.8 Å². The third kappa shape index (κ3) is 3.48. The summed E-state index contributed by atoms with van der Waals surface area (Å²) in [6.07, 6.45) is 3.83. The molecule has 0 spiro atoms. The third-order valence-corrected chi connectivity index (χ3v) is 6.67. The fraction of sp³-hybridized carbons (Fsp3) is 0.200. The molecule has 0 bridgehead atoms. The number of aromatic nitrogens is 3. The van der Waals surface area contributed by atoms with Crippen molar-refractivity contribution < 1.29 is 13.6 Å². The van der Waals surface area contributed by atoms with Gasteiger partial charge in [0.25, 0.3) is 5.91 Å². The largest absolute Gasteiger partial charge is 0.467 e. The lowest BCUT2D eigenvalue weighted by Gasteiger charge is -2.19. The van der Waals surface area contributed by atoms with Crippen molar-refractivity contribution in [2.45, 2.75) is 17.6 Å². The smallest absolute Gasteiger partial charge is 0.253 e. The van der Waals surface area contributed by atoms with Gasteiger partial charge in [0, 0.05) is 13.5 Å². The second-order valence-corrected chi connectivity index (χ2v) is 8.52. The first-order valence-corrected chi connectivity index (χ1v) is 11.1. The highest BCUT2D eigenvalue weighted by atomic mass is 32.2. The van der Waals surface area contributed by atoms with Crippen LogP contribution in [-0.2, 0) is 11.8 Å². The van der Waals surface area contributed by atoms with Crippen LogP contribution in [0, 0.1) is 0 Å². The molecule has 4 aromatic heterocycles. The number of nitrogens with zero attached hydrogens (tertiary/aromatic N) is 5. The van der Waals surface area contributed by atoms with Crippen LogP contribution in [-0.4, -0.2) is 37.1 Å². The van der Waals surface area contributed by atoms with E-state index in [2.05, 4.69) is 15.3 Å². The number of carbonyl (C=O) groups is 1. The monoisotopic (exact) mass is 439 g/mol. The summed E-state index contributed by atoms with van der Waals surface area (Å²) in [7, 11) is 1.85. The molecule has 0 N–H and O–H groups in total. The van der Waals surface area contributed by atoms with Crippen LogP contribution in [0.25, 0.3) is 11.6 Å². The van der Waals surface area contributed by atoms with Crippen LogP contribution in [0.1, 0.15) is 23.1 Å². The minimum absolute atomic E-state index is 0.115. The van der Waals surface area contributed by atoms with Crippen LogP contribution in [0.3, 0.4) is 0 Å². The summed E-state index contributed by atoms with van der Waals surface area (Å²) < 4.78 is 12.8. The summed E-state index contributed by atoms with van der Waals surface area (Å²) in [6.45, 7) is 0. The molecule has 0 fully saturated rings. The lowest BCUT2D eigenvalue weighted by atomic mass is 10.1. The van der Waals surface area contributed by atoms with Crippen molar-refractivity contribution in [2.75, 3.05) is 5.75 Å². The molecular formula is C20H17N5O3S2. The zero-order valence-corrected chi connectivity index (χ0v) is 17.6. The van der Waals surface area contributed by atoms with E-state index in [1.54, 1.807) is 29.9 Å². The Hall–Kier alpha value is -3.11. The lowest BCUT2D eigenvalue weighted by molar-refractivity contribution is -0.130. The van der Waals surface area contributed by atoms with Crippen LogP contribution >= 0.6 is 23.1 Å². The summed E-state index contributed by atoms with van der Waals surface area (Å²) >= 11 is 2.93. The van der Waals surface area contributed by atoms with E-state index in [4.69, 9.17) is 8.83 Å². The van der Waals surface area contributed by atoms with Gasteiger partial charge in [-0.2, -0.15) is 5.10 Å². The maximum atomic E-state index is 13.1. The number of furan rings is 2. The highest BCUT2D eigenvalue weighted by molar-refractivity contribution is 7.99. The number of hydrogen-bond acceptors (Lipinski definition) is 8. The van der Waals surface area contributed by atoms with E-state index in [1.165, 1.54) is 16.8 Å². The van der Waals surface area contributed by atoms with Crippen LogP contribution in [0.15, 0.2) is 73.4 Å². The van der Waals surface area contributed by atoms with Gasteiger partial charge in [0.1, 0.15) is 11.8 Å². The Kier molecular flexibility index (Phi) is 5.01. The summed E-state index contributed by atoms with van der Waals surface area (Å²) in [6, 6.07) is 11.1. The van der Waals surface area contributed by atoms with Gasteiger partial charge in [-0.3, -0.25) is 4.79 Å². The van der Waals surface area contributed by atoms with Crippen LogP contribution in [0.5, 0.6) is 0 Å². The van der Waals surface area contributed by atoms with E-state index in [0.717, 1.165) is 16.3 Å². The summed E-state index contributed by atoms with van der Waals surface area (Å²) in [5, 5.41) is 17.2. The molecule has 0 unspecified atom stereocenters. The molecule has 8 nitrogen and oxygen atoms in total. The number of thiophene rings is 1. The molecule has 30 heavy (non-hydrogen) atoms. The van der Waals surface area contributed by atoms with Crippen molar-refractivity contribution in [1.82, 2.24) is 19.8 Å². The molecule has 10 heteroatoms. The molecule has 152 valence electrons. The van der Waals surface area contributed by atoms with Gasteiger partial charge in [-0.25, -0.2) is 5.01 Å². The molecule has 1 aliphatic rings. The molecular weight excluding hydrogens is 422 g/mol. The van der Waals surface area contributed by atoms with Crippen molar-refractivity contribution in [2.24, 2.45) is 12.1 Å². The quantitative estimate of drug-likeness (QED) is 0.418. The summed E-state index contributed by atoms with van der Waals surface area (Å²) in [5.74, 6) is 2.04. The summed E-state index contributed by atoms with van der Waals surface area (Å²) in [5.41, 5.74) is 0.892. The first kappa shape index (κ1) is 18.9. The normalized spacial score (nSPS) is 16.2. The van der Waals surface area contributed by atoms with Crippen molar-refractivity contribution in [1.29, 1.82) is 0 Å². The lowest BCUT2D eigenvalue weighted by Crippen LogP contribution is -2.28. The minimum atomic E-state index is -0.247. The summed E-state index contributed by atoms with van der Waals surface area (Å²) in [4.78, 5) is 14.1. The molecule has 0 radical (unpaired) electrons. The number of hydrazone groups is 1. The minimum Gasteiger partial charge on any atom is -0.467 e. The molecule has 5 heterocycles. The third-order valence-electron chi connectivity index (χ3n) is 4.74. The van der Waals surface area contributed by atoms with Crippen LogP contribution in [0.4, 0.5) is 0 Å². The molecule has 1 atom stereocenters. The van der Waals surface area contributed by atoms with Crippen molar-refractivity contribution in [3.05, 3.63) is 64.9 Å². The average Bonchev–Trinajstić information content (AvgIpc) is 3.56. The number of carbonyl (C=O) groups excluding carboxylic acids is 1. The van der Waals surface area contributed by atoms with E-state index in [1.807, 2.05) is 47.3 Å². The average molecular weight is 440 g/mol. The highest BCUT2D eigenvalue weighted by Crippen LogP contribution is 2.35. The fourth-order valence-corrected chi connectivity index (χ4v) is 4.77. The fourth-order valence-electron chi connectivity index (χ4n) is 3.29. The van der Waals surface area contributed by atoms with Gasteiger partial charge in [0.2, 0.25) is 0 Å². The van der Waals surface area contributed by atoms with Gasteiger partial charge in [0.05, 0.1) is 28.9 Å². The number of rotatable bonds is 6. The molecule has 0 saturated heterocycles. The van der Waals surface area contributed by atoms with Gasteiger partial charge in [0.15, 0.2) is 16.7 Å². The van der Waals surface area contributed by atoms with E-state index < -0.39 is 0 Å². The van der Waals surface area contributed by atoms with Crippen LogP contribution in [0.2, 0.25) is 0 Å². The van der Waals surface area contributed by atoms with Crippen molar-refractivity contribution in [3.63, 3.8) is 0 Å². The topological polar surface area (TPSA) is 89.7 Å². The van der Waals surface area contributed by atoms with E-state index in [-0.39, 0.29) is 17.7 Å². The number of amides is 1. The maximum Gasteiger partial charge on any atom is 0.253 e. The Morgan fingerprint density at radius 1 is 1.20 bits per heavy atom. The second kappa shape index (κ2) is 7.96. The SMILES string of the molecule is Cn1c(SCC(=O)N2N=C(c3cccs3)C[C@H]2c2ccco2)nnc1-c1ccco1. The van der Waals surface area contributed by atoms with Crippen molar-refractivity contribution >= 4 is 34.7 Å². The van der Waals surface area contributed by atoms with Crippen LogP contribution < -0.4 is 0 Å². The Morgan fingerprint density at radius 2 is 2.07 bits per heavy atom. The molecule has 4 aromatic rings. The van der Waals surface area contributed by atoms with Gasteiger partial charge < -0.3 is 13.4 Å². The van der Waals surface area contributed by atoms with E-state index in [9.17, 15) is 4.79 Å². The molecule has 5 rings (SSSR count). The van der Waals surface area contributed by atoms with Gasteiger partial charge >= 0.3 is 0 Å². The van der Waals surface area contributed by atoms with Gasteiger partial charge in [-0.15, -0.1) is 21.5 Å². The van der Waals surface area contributed by atoms with Crippen molar-refractivity contribution in [3.8, 4) is 11.6 Å². The molecule has 0 aromatic carbocycles. The predicted molar refractivity (Wildman–Crippen MR) is 113 cm³/mol.